The van der Waals surface area contributed by atoms with Gasteiger partial charge in [-0.25, -0.2) is 4.79 Å². The van der Waals surface area contributed by atoms with Gasteiger partial charge in [-0.2, -0.15) is 0 Å². The van der Waals surface area contributed by atoms with Gasteiger partial charge in [0.05, 0.1) is 5.56 Å². The van der Waals surface area contributed by atoms with E-state index in [1.807, 2.05) is 31.2 Å². The Morgan fingerprint density at radius 3 is 2.56 bits per heavy atom. The lowest BCUT2D eigenvalue weighted by molar-refractivity contribution is 0.0693. The first-order valence-electron chi connectivity index (χ1n) is 5.34. The Kier molecular flexibility index (Phi) is 3.94. The topological polar surface area (TPSA) is 37.3 Å². The highest BCUT2D eigenvalue weighted by atomic mass is 35.5. The Balaban J connectivity index is 2.42. The van der Waals surface area contributed by atoms with Crippen LogP contribution < -0.4 is 0 Å². The minimum absolute atomic E-state index is 0.271. The summed E-state index contributed by atoms with van der Waals surface area (Å²) in [5.74, 6) is -0.942. The van der Waals surface area contributed by atoms with Gasteiger partial charge in [0.1, 0.15) is 0 Å². The quantitative estimate of drug-likeness (QED) is 0.898. The van der Waals surface area contributed by atoms with Gasteiger partial charge in [0.2, 0.25) is 0 Å². The molecule has 0 saturated heterocycles. The third-order valence-corrected chi connectivity index (χ3v) is 3.96. The summed E-state index contributed by atoms with van der Waals surface area (Å²) in [5.41, 5.74) is 1.38. The fourth-order valence-corrected chi connectivity index (χ4v) is 2.85. The molecule has 92 valence electrons. The number of rotatable bonds is 3. The molecule has 0 aromatic heterocycles. The highest BCUT2D eigenvalue weighted by Crippen LogP contribution is 2.34. The Labute approximate surface area is 115 Å². The standard InChI is InChI=1S/C14H11ClO2S/c1-9-4-2-3-5-12(9)18-13-8-10(15)6-7-11(13)14(16)17/h2-8H,1H3,(H,16,17). The SMILES string of the molecule is Cc1ccccc1Sc1cc(Cl)ccc1C(=O)O. The van der Waals surface area contributed by atoms with Gasteiger partial charge < -0.3 is 5.11 Å². The fraction of sp³-hybridized carbons (Fsp3) is 0.0714. The molecule has 2 aromatic carbocycles. The highest BCUT2D eigenvalue weighted by molar-refractivity contribution is 7.99. The summed E-state index contributed by atoms with van der Waals surface area (Å²) in [6.45, 7) is 1.99. The Bertz CT molecular complexity index is 596. The zero-order valence-electron chi connectivity index (χ0n) is 9.68. The monoisotopic (exact) mass is 278 g/mol. The van der Waals surface area contributed by atoms with Gasteiger partial charge >= 0.3 is 5.97 Å². The molecule has 0 aliphatic heterocycles. The summed E-state index contributed by atoms with van der Waals surface area (Å²) in [6, 6.07) is 12.6. The Morgan fingerprint density at radius 2 is 1.89 bits per heavy atom. The lowest BCUT2D eigenvalue weighted by Gasteiger charge is -2.08. The van der Waals surface area contributed by atoms with Crippen LogP contribution in [0.4, 0.5) is 0 Å². The number of aryl methyl sites for hydroxylation is 1. The molecule has 0 aliphatic rings. The first kappa shape index (κ1) is 13.0. The predicted octanol–water partition coefficient (Wildman–Crippen LogP) is 4.50. The molecule has 2 rings (SSSR count). The number of carbonyl (C=O) groups is 1. The minimum Gasteiger partial charge on any atom is -0.478 e. The number of halogens is 1. The fourth-order valence-electron chi connectivity index (χ4n) is 1.55. The third kappa shape index (κ3) is 2.86. The lowest BCUT2D eigenvalue weighted by Crippen LogP contribution is -1.98. The number of carboxylic acid groups (broad SMARTS) is 1. The van der Waals surface area contributed by atoms with Crippen molar-refractivity contribution in [1.82, 2.24) is 0 Å². The zero-order valence-corrected chi connectivity index (χ0v) is 11.3. The minimum atomic E-state index is -0.942. The molecule has 18 heavy (non-hydrogen) atoms. The maximum atomic E-state index is 11.2. The van der Waals surface area contributed by atoms with Gasteiger partial charge in [-0.3, -0.25) is 0 Å². The number of benzene rings is 2. The molecule has 0 saturated carbocycles. The molecule has 4 heteroatoms. The van der Waals surface area contributed by atoms with Gasteiger partial charge in [-0.15, -0.1) is 0 Å². The number of hydrogen-bond donors (Lipinski definition) is 1. The van der Waals surface area contributed by atoms with Crippen LogP contribution in [-0.4, -0.2) is 11.1 Å². The third-order valence-electron chi connectivity index (χ3n) is 2.49. The van der Waals surface area contributed by atoms with E-state index in [1.54, 1.807) is 12.1 Å². The van der Waals surface area contributed by atoms with Crippen molar-refractivity contribution in [3.05, 3.63) is 58.6 Å². The Hall–Kier alpha value is -1.45. The van der Waals surface area contributed by atoms with E-state index >= 15 is 0 Å². The van der Waals surface area contributed by atoms with Crippen LogP contribution >= 0.6 is 23.4 Å². The van der Waals surface area contributed by atoms with Crippen molar-refractivity contribution >= 4 is 29.3 Å². The molecule has 0 heterocycles. The second-order valence-corrected chi connectivity index (χ2v) is 5.33. The molecule has 0 bridgehead atoms. The molecule has 2 nitrogen and oxygen atoms in total. The van der Waals surface area contributed by atoms with Crippen LogP contribution in [0.5, 0.6) is 0 Å². The van der Waals surface area contributed by atoms with Crippen LogP contribution in [0.2, 0.25) is 5.02 Å². The van der Waals surface area contributed by atoms with E-state index in [0.717, 1.165) is 10.5 Å². The van der Waals surface area contributed by atoms with Crippen molar-refractivity contribution in [2.24, 2.45) is 0 Å². The molecule has 0 fully saturated rings. The first-order chi connectivity index (χ1) is 8.58. The van der Waals surface area contributed by atoms with Gasteiger partial charge in [0, 0.05) is 14.8 Å². The van der Waals surface area contributed by atoms with Crippen LogP contribution in [-0.2, 0) is 0 Å². The predicted molar refractivity (Wildman–Crippen MR) is 73.7 cm³/mol. The molecule has 0 aliphatic carbocycles. The summed E-state index contributed by atoms with van der Waals surface area (Å²) in [4.78, 5) is 12.8. The Morgan fingerprint density at radius 1 is 1.17 bits per heavy atom. The highest BCUT2D eigenvalue weighted by Gasteiger charge is 2.12. The van der Waals surface area contributed by atoms with E-state index < -0.39 is 5.97 Å². The summed E-state index contributed by atoms with van der Waals surface area (Å²) in [7, 11) is 0. The van der Waals surface area contributed by atoms with Crippen molar-refractivity contribution < 1.29 is 9.90 Å². The average Bonchev–Trinajstić information content (AvgIpc) is 2.32. The summed E-state index contributed by atoms with van der Waals surface area (Å²) in [6.07, 6.45) is 0. The molecular formula is C14H11ClO2S. The van der Waals surface area contributed by atoms with Crippen LogP contribution in [0.15, 0.2) is 52.3 Å². The zero-order chi connectivity index (χ0) is 13.1. The first-order valence-corrected chi connectivity index (χ1v) is 6.53. The second kappa shape index (κ2) is 5.46. The summed E-state index contributed by atoms with van der Waals surface area (Å²) in [5, 5.41) is 9.69. The maximum Gasteiger partial charge on any atom is 0.336 e. The van der Waals surface area contributed by atoms with Gasteiger partial charge in [0.25, 0.3) is 0 Å². The molecule has 0 unspecified atom stereocenters. The van der Waals surface area contributed by atoms with E-state index in [-0.39, 0.29) is 5.56 Å². The van der Waals surface area contributed by atoms with Crippen LogP contribution in [0, 0.1) is 6.92 Å². The normalized spacial score (nSPS) is 10.3. The van der Waals surface area contributed by atoms with Crippen molar-refractivity contribution in [2.75, 3.05) is 0 Å². The van der Waals surface area contributed by atoms with Crippen molar-refractivity contribution in [2.45, 2.75) is 16.7 Å². The summed E-state index contributed by atoms with van der Waals surface area (Å²) < 4.78 is 0. The number of carboxylic acids is 1. The van der Waals surface area contributed by atoms with E-state index in [1.165, 1.54) is 17.8 Å². The van der Waals surface area contributed by atoms with Gasteiger partial charge in [0.15, 0.2) is 0 Å². The molecule has 2 aromatic rings. The van der Waals surface area contributed by atoms with Crippen LogP contribution in [0.3, 0.4) is 0 Å². The maximum absolute atomic E-state index is 11.2. The summed E-state index contributed by atoms with van der Waals surface area (Å²) >= 11 is 7.34. The largest absolute Gasteiger partial charge is 0.478 e. The van der Waals surface area contributed by atoms with Crippen LogP contribution in [0.25, 0.3) is 0 Å². The molecular weight excluding hydrogens is 268 g/mol. The molecule has 1 N–H and O–H groups in total. The number of hydrogen-bond acceptors (Lipinski definition) is 2. The van der Waals surface area contributed by atoms with Crippen molar-refractivity contribution in [3.63, 3.8) is 0 Å². The van der Waals surface area contributed by atoms with Crippen molar-refractivity contribution in [3.8, 4) is 0 Å². The smallest absolute Gasteiger partial charge is 0.336 e. The molecule has 0 amide bonds. The van der Waals surface area contributed by atoms with E-state index in [2.05, 4.69) is 0 Å². The van der Waals surface area contributed by atoms with E-state index in [9.17, 15) is 4.79 Å². The molecule has 0 spiro atoms. The van der Waals surface area contributed by atoms with E-state index in [4.69, 9.17) is 16.7 Å². The van der Waals surface area contributed by atoms with Gasteiger partial charge in [-0.05, 0) is 36.8 Å². The molecule has 0 atom stereocenters. The molecule has 0 radical (unpaired) electrons. The van der Waals surface area contributed by atoms with E-state index in [0.29, 0.717) is 9.92 Å². The van der Waals surface area contributed by atoms with Crippen molar-refractivity contribution in [1.29, 1.82) is 0 Å². The van der Waals surface area contributed by atoms with Gasteiger partial charge in [-0.1, -0.05) is 41.6 Å². The van der Waals surface area contributed by atoms with Crippen LogP contribution in [0.1, 0.15) is 15.9 Å². The number of aromatic carboxylic acids is 1. The average molecular weight is 279 g/mol. The lowest BCUT2D eigenvalue weighted by atomic mass is 10.2. The second-order valence-electron chi connectivity index (χ2n) is 3.81.